The van der Waals surface area contributed by atoms with Crippen LogP contribution in [0.1, 0.15) is 46.0 Å². The molecule has 16 heavy (non-hydrogen) atoms. The number of aliphatic hydroxyl groups excluding tert-OH is 1. The maximum Gasteiger partial charge on any atom is 0.0897 e. The highest BCUT2D eigenvalue weighted by Crippen LogP contribution is 2.15. The van der Waals surface area contributed by atoms with Gasteiger partial charge in [0.25, 0.3) is 0 Å². The Balaban J connectivity index is 3.39. The largest absolute Gasteiger partial charge is 0.389 e. The quantitative estimate of drug-likeness (QED) is 0.536. The first kappa shape index (κ1) is 15.9. The first-order valence-electron chi connectivity index (χ1n) is 6.62. The predicted octanol–water partition coefficient (Wildman–Crippen LogP) is 2.19. The van der Waals surface area contributed by atoms with Crippen molar-refractivity contribution in [2.75, 3.05) is 26.8 Å². The number of nitrogens with one attached hydrogen (secondary N) is 1. The molecule has 0 radical (unpaired) electrons. The lowest BCUT2D eigenvalue weighted by Crippen LogP contribution is -2.31. The molecule has 0 aromatic rings. The number of aliphatic hydroxyl groups is 1. The average molecular weight is 231 g/mol. The van der Waals surface area contributed by atoms with Gasteiger partial charge in [-0.1, -0.05) is 39.5 Å². The lowest BCUT2D eigenvalue weighted by molar-refractivity contribution is 0.0644. The lowest BCUT2D eigenvalue weighted by atomic mass is 9.96. The Morgan fingerprint density at radius 2 is 2.00 bits per heavy atom. The molecule has 0 aliphatic carbocycles. The normalized spacial score (nSPS) is 15.0. The smallest absolute Gasteiger partial charge is 0.0897 e. The van der Waals surface area contributed by atoms with Gasteiger partial charge in [-0.15, -0.1) is 0 Å². The molecule has 0 aliphatic rings. The summed E-state index contributed by atoms with van der Waals surface area (Å²) in [5, 5.41) is 12.7. The summed E-state index contributed by atoms with van der Waals surface area (Å²) in [7, 11) is 1.61. The van der Waals surface area contributed by atoms with E-state index in [9.17, 15) is 5.11 Å². The summed E-state index contributed by atoms with van der Waals surface area (Å²) in [6.07, 6.45) is 6.08. The van der Waals surface area contributed by atoms with Crippen molar-refractivity contribution in [1.82, 2.24) is 5.32 Å². The van der Waals surface area contributed by atoms with E-state index >= 15 is 0 Å². The van der Waals surface area contributed by atoms with E-state index in [1.807, 2.05) is 0 Å². The van der Waals surface area contributed by atoms with Crippen molar-refractivity contribution in [3.8, 4) is 0 Å². The summed E-state index contributed by atoms with van der Waals surface area (Å²) >= 11 is 0. The van der Waals surface area contributed by atoms with Gasteiger partial charge in [0, 0.05) is 13.7 Å². The van der Waals surface area contributed by atoms with E-state index in [4.69, 9.17) is 4.74 Å². The monoisotopic (exact) mass is 231 g/mol. The number of rotatable bonds is 11. The minimum absolute atomic E-state index is 0.374. The van der Waals surface area contributed by atoms with E-state index in [-0.39, 0.29) is 6.10 Å². The van der Waals surface area contributed by atoms with Gasteiger partial charge in [0.2, 0.25) is 0 Å². The fourth-order valence-electron chi connectivity index (χ4n) is 1.87. The first-order valence-corrected chi connectivity index (χ1v) is 6.62. The Morgan fingerprint density at radius 3 is 2.56 bits per heavy atom. The molecule has 2 N–H and O–H groups in total. The maximum atomic E-state index is 9.43. The van der Waals surface area contributed by atoms with Crippen molar-refractivity contribution in [2.24, 2.45) is 5.92 Å². The molecule has 0 bridgehead atoms. The third kappa shape index (κ3) is 9.13. The van der Waals surface area contributed by atoms with Crippen molar-refractivity contribution in [1.29, 1.82) is 0 Å². The van der Waals surface area contributed by atoms with E-state index in [2.05, 4.69) is 19.2 Å². The molecule has 2 unspecified atom stereocenters. The van der Waals surface area contributed by atoms with Gasteiger partial charge in [0.1, 0.15) is 0 Å². The summed E-state index contributed by atoms with van der Waals surface area (Å²) in [5.41, 5.74) is 0. The van der Waals surface area contributed by atoms with Gasteiger partial charge in [-0.2, -0.15) is 0 Å². The minimum Gasteiger partial charge on any atom is -0.389 e. The van der Waals surface area contributed by atoms with Gasteiger partial charge in [0.05, 0.1) is 12.7 Å². The van der Waals surface area contributed by atoms with Crippen molar-refractivity contribution >= 4 is 0 Å². The fourth-order valence-corrected chi connectivity index (χ4v) is 1.87. The lowest BCUT2D eigenvalue weighted by Gasteiger charge is -2.16. The number of ether oxygens (including phenoxy) is 1. The van der Waals surface area contributed by atoms with Crippen LogP contribution in [0.4, 0.5) is 0 Å². The Labute approximate surface area is 101 Å². The van der Waals surface area contributed by atoms with Gasteiger partial charge >= 0.3 is 0 Å². The third-order valence-electron chi connectivity index (χ3n) is 3.01. The SMILES string of the molecule is CCCCC(CC)CCNCC(O)COC. The van der Waals surface area contributed by atoms with Crippen LogP contribution in [-0.2, 0) is 4.74 Å². The van der Waals surface area contributed by atoms with Crippen molar-refractivity contribution in [3.63, 3.8) is 0 Å². The fraction of sp³-hybridized carbons (Fsp3) is 1.00. The first-order chi connectivity index (χ1) is 7.74. The molecular formula is C13H29NO2. The highest BCUT2D eigenvalue weighted by atomic mass is 16.5. The molecule has 0 fully saturated rings. The topological polar surface area (TPSA) is 41.5 Å². The van der Waals surface area contributed by atoms with Crippen LogP contribution in [0.2, 0.25) is 0 Å². The van der Waals surface area contributed by atoms with E-state index in [1.165, 1.54) is 32.1 Å². The number of methoxy groups -OCH3 is 1. The van der Waals surface area contributed by atoms with E-state index < -0.39 is 0 Å². The Bertz CT molecular complexity index is 142. The Hall–Kier alpha value is -0.120. The van der Waals surface area contributed by atoms with Crippen molar-refractivity contribution < 1.29 is 9.84 Å². The molecule has 0 aromatic carbocycles. The van der Waals surface area contributed by atoms with Gasteiger partial charge in [-0.3, -0.25) is 0 Å². The molecule has 0 aromatic heterocycles. The van der Waals surface area contributed by atoms with Crippen LogP contribution in [0.5, 0.6) is 0 Å². The minimum atomic E-state index is -0.374. The average Bonchev–Trinajstić information content (AvgIpc) is 2.28. The standard InChI is InChI=1S/C13H29NO2/c1-4-6-7-12(5-2)8-9-14-10-13(15)11-16-3/h12-15H,4-11H2,1-3H3. The highest BCUT2D eigenvalue weighted by Gasteiger charge is 2.06. The highest BCUT2D eigenvalue weighted by molar-refractivity contribution is 4.62. The van der Waals surface area contributed by atoms with Crippen LogP contribution >= 0.6 is 0 Å². The van der Waals surface area contributed by atoms with Gasteiger partial charge in [0.15, 0.2) is 0 Å². The molecule has 0 spiro atoms. The summed E-state index contributed by atoms with van der Waals surface area (Å²) in [5.74, 6) is 0.840. The second kappa shape index (κ2) is 11.4. The molecule has 0 amide bonds. The summed E-state index contributed by atoms with van der Waals surface area (Å²) < 4.78 is 4.87. The molecule has 3 heteroatoms. The Morgan fingerprint density at radius 1 is 1.25 bits per heavy atom. The Kier molecular flexibility index (Phi) is 11.3. The van der Waals surface area contributed by atoms with E-state index in [1.54, 1.807) is 7.11 Å². The number of hydrogen-bond acceptors (Lipinski definition) is 3. The molecule has 3 nitrogen and oxygen atoms in total. The zero-order valence-electron chi connectivity index (χ0n) is 11.2. The molecule has 0 aliphatic heterocycles. The van der Waals surface area contributed by atoms with Crippen LogP contribution in [0.25, 0.3) is 0 Å². The number of unbranched alkanes of at least 4 members (excludes halogenated alkanes) is 1. The van der Waals surface area contributed by atoms with Gasteiger partial charge in [-0.25, -0.2) is 0 Å². The maximum absolute atomic E-state index is 9.43. The molecule has 0 saturated carbocycles. The van der Waals surface area contributed by atoms with E-state index in [0.717, 1.165) is 12.5 Å². The van der Waals surface area contributed by atoms with Gasteiger partial charge < -0.3 is 15.2 Å². The van der Waals surface area contributed by atoms with Crippen LogP contribution in [0.15, 0.2) is 0 Å². The number of hydrogen-bond donors (Lipinski definition) is 2. The van der Waals surface area contributed by atoms with Crippen LogP contribution in [0, 0.1) is 5.92 Å². The van der Waals surface area contributed by atoms with Crippen LogP contribution < -0.4 is 5.32 Å². The molecule has 0 rings (SSSR count). The molecule has 98 valence electrons. The molecule has 0 saturated heterocycles. The zero-order chi connectivity index (χ0) is 12.2. The third-order valence-corrected chi connectivity index (χ3v) is 3.01. The van der Waals surface area contributed by atoms with Crippen molar-refractivity contribution in [2.45, 2.75) is 52.1 Å². The molecule has 2 atom stereocenters. The molecule has 0 heterocycles. The van der Waals surface area contributed by atoms with Crippen LogP contribution in [0.3, 0.4) is 0 Å². The van der Waals surface area contributed by atoms with E-state index in [0.29, 0.717) is 13.2 Å². The molecular weight excluding hydrogens is 202 g/mol. The second-order valence-electron chi connectivity index (χ2n) is 4.52. The summed E-state index contributed by atoms with van der Waals surface area (Å²) in [6.45, 7) is 6.56. The van der Waals surface area contributed by atoms with Crippen LogP contribution in [-0.4, -0.2) is 38.0 Å². The van der Waals surface area contributed by atoms with Crippen molar-refractivity contribution in [3.05, 3.63) is 0 Å². The second-order valence-corrected chi connectivity index (χ2v) is 4.52. The van der Waals surface area contributed by atoms with Gasteiger partial charge in [-0.05, 0) is 18.9 Å². The predicted molar refractivity (Wildman–Crippen MR) is 68.7 cm³/mol. The summed E-state index contributed by atoms with van der Waals surface area (Å²) in [4.78, 5) is 0. The summed E-state index contributed by atoms with van der Waals surface area (Å²) in [6, 6.07) is 0. The zero-order valence-corrected chi connectivity index (χ0v) is 11.2.